The van der Waals surface area contributed by atoms with E-state index in [4.69, 9.17) is 5.11 Å². The van der Waals surface area contributed by atoms with Crippen LogP contribution < -0.4 is 16.0 Å². The molecular formula is C29H39N3O6S. The number of rotatable bonds is 9. The molecule has 1 fully saturated rings. The molecule has 0 radical (unpaired) electrons. The van der Waals surface area contributed by atoms with Crippen LogP contribution in [0.25, 0.3) is 0 Å². The summed E-state index contributed by atoms with van der Waals surface area (Å²) in [4.78, 5) is 36.3. The Kier molecular flexibility index (Phi) is 9.77. The standard InChI is InChI=1S/C29H39N3O6S/c1-29(2,3)22-14-12-20(13-15-22)26(19-8-10-21(11-9-19)27(35)30-17-16-25(33)34)32-28(36)31-23-6-5-7-24(18-23)39(4,37)38/h5-11,18,20,22,26H,12-17H2,1-4H3,(H,30,35)(H,33,34)(H2,31,32,36). The molecule has 0 heterocycles. The van der Waals surface area contributed by atoms with E-state index in [1.807, 2.05) is 12.1 Å². The number of hydrogen-bond donors (Lipinski definition) is 4. The van der Waals surface area contributed by atoms with Crippen LogP contribution >= 0.6 is 0 Å². The smallest absolute Gasteiger partial charge is 0.319 e. The van der Waals surface area contributed by atoms with Gasteiger partial charge in [-0.05, 0) is 78.8 Å². The molecule has 0 saturated heterocycles. The van der Waals surface area contributed by atoms with Gasteiger partial charge in [-0.2, -0.15) is 0 Å². The number of hydrogen-bond acceptors (Lipinski definition) is 5. The summed E-state index contributed by atoms with van der Waals surface area (Å²) in [5.74, 6) is -0.561. The van der Waals surface area contributed by atoms with E-state index >= 15 is 0 Å². The molecule has 39 heavy (non-hydrogen) atoms. The van der Waals surface area contributed by atoms with Gasteiger partial charge in [0.05, 0.1) is 17.4 Å². The summed E-state index contributed by atoms with van der Waals surface area (Å²) in [6, 6.07) is 12.3. The molecule has 2 aromatic rings. The molecule has 3 amide bonds. The maximum Gasteiger partial charge on any atom is 0.319 e. The Labute approximate surface area is 230 Å². The minimum absolute atomic E-state index is 0.0395. The van der Waals surface area contributed by atoms with Gasteiger partial charge < -0.3 is 21.1 Å². The van der Waals surface area contributed by atoms with Crippen molar-refractivity contribution in [2.45, 2.75) is 63.8 Å². The number of sulfone groups is 1. The summed E-state index contributed by atoms with van der Waals surface area (Å²) in [6.45, 7) is 6.81. The molecule has 2 aromatic carbocycles. The van der Waals surface area contributed by atoms with E-state index in [2.05, 4.69) is 36.7 Å². The van der Waals surface area contributed by atoms with Gasteiger partial charge >= 0.3 is 12.0 Å². The van der Waals surface area contributed by atoms with Crippen LogP contribution in [0.15, 0.2) is 53.4 Å². The second-order valence-corrected chi connectivity index (χ2v) is 13.4. The Bertz CT molecular complexity index is 1280. The van der Waals surface area contributed by atoms with Crippen LogP contribution in [0.2, 0.25) is 0 Å². The van der Waals surface area contributed by atoms with Crippen molar-refractivity contribution in [3.63, 3.8) is 0 Å². The molecule has 1 unspecified atom stereocenters. The zero-order valence-electron chi connectivity index (χ0n) is 23.0. The molecule has 0 aromatic heterocycles. The second-order valence-electron chi connectivity index (χ2n) is 11.4. The summed E-state index contributed by atoms with van der Waals surface area (Å²) in [5.41, 5.74) is 1.85. The number of carboxylic acids is 1. The van der Waals surface area contributed by atoms with Crippen molar-refractivity contribution >= 4 is 33.4 Å². The van der Waals surface area contributed by atoms with Crippen molar-refractivity contribution in [1.29, 1.82) is 0 Å². The SMILES string of the molecule is CC(C)(C)C1CCC(C(NC(=O)Nc2cccc(S(C)(=O)=O)c2)c2ccc(C(=O)NCCC(=O)O)cc2)CC1. The number of carbonyl (C=O) groups is 3. The number of carboxylic acid groups (broad SMARTS) is 1. The number of urea groups is 1. The molecule has 1 aliphatic rings. The number of anilines is 1. The quantitative estimate of drug-likeness (QED) is 0.341. The van der Waals surface area contributed by atoms with Crippen molar-refractivity contribution in [1.82, 2.24) is 10.6 Å². The molecule has 1 aliphatic carbocycles. The van der Waals surface area contributed by atoms with E-state index in [-0.39, 0.29) is 41.1 Å². The fraction of sp³-hybridized carbons (Fsp3) is 0.483. The predicted molar refractivity (Wildman–Crippen MR) is 150 cm³/mol. The molecule has 212 valence electrons. The Morgan fingerprint density at radius 1 is 1.00 bits per heavy atom. The van der Waals surface area contributed by atoms with Crippen LogP contribution in [0, 0.1) is 17.3 Å². The Balaban J connectivity index is 1.77. The molecule has 3 rings (SSSR count). The summed E-state index contributed by atoms with van der Waals surface area (Å²) < 4.78 is 23.8. The van der Waals surface area contributed by atoms with Crippen molar-refractivity contribution < 1.29 is 27.9 Å². The fourth-order valence-corrected chi connectivity index (χ4v) is 5.80. The van der Waals surface area contributed by atoms with E-state index in [0.717, 1.165) is 37.5 Å². The lowest BCUT2D eigenvalue weighted by Crippen LogP contribution is -2.38. The van der Waals surface area contributed by atoms with Crippen molar-refractivity contribution in [3.05, 3.63) is 59.7 Å². The molecule has 1 saturated carbocycles. The molecule has 0 bridgehead atoms. The number of nitrogens with one attached hydrogen (secondary N) is 3. The van der Waals surface area contributed by atoms with Gasteiger partial charge in [0.1, 0.15) is 0 Å². The first-order chi connectivity index (χ1) is 18.2. The van der Waals surface area contributed by atoms with E-state index in [0.29, 0.717) is 17.2 Å². The van der Waals surface area contributed by atoms with Crippen LogP contribution in [-0.4, -0.2) is 44.2 Å². The number of carbonyl (C=O) groups excluding carboxylic acids is 2. The van der Waals surface area contributed by atoms with Crippen LogP contribution in [-0.2, 0) is 14.6 Å². The summed E-state index contributed by atoms with van der Waals surface area (Å²) in [7, 11) is -3.42. The van der Waals surface area contributed by atoms with Gasteiger partial charge in [0.2, 0.25) is 0 Å². The molecule has 0 aliphatic heterocycles. The van der Waals surface area contributed by atoms with Gasteiger partial charge in [0.15, 0.2) is 9.84 Å². The lowest BCUT2D eigenvalue weighted by atomic mass is 9.68. The van der Waals surface area contributed by atoms with E-state index < -0.39 is 21.8 Å². The third-order valence-corrected chi connectivity index (χ3v) is 8.54. The monoisotopic (exact) mass is 557 g/mol. The first-order valence-electron chi connectivity index (χ1n) is 13.2. The number of benzene rings is 2. The van der Waals surface area contributed by atoms with Gasteiger partial charge in [-0.3, -0.25) is 9.59 Å². The second kappa shape index (κ2) is 12.6. The minimum Gasteiger partial charge on any atom is -0.481 e. The lowest BCUT2D eigenvalue weighted by molar-refractivity contribution is -0.136. The molecule has 9 nitrogen and oxygen atoms in total. The third-order valence-electron chi connectivity index (χ3n) is 7.43. The normalized spacial score (nSPS) is 18.6. The maximum absolute atomic E-state index is 13.1. The van der Waals surface area contributed by atoms with Crippen LogP contribution in [0.4, 0.5) is 10.5 Å². The average molecular weight is 558 g/mol. The lowest BCUT2D eigenvalue weighted by Gasteiger charge is -2.39. The van der Waals surface area contributed by atoms with Crippen LogP contribution in [0.5, 0.6) is 0 Å². The average Bonchev–Trinajstić information content (AvgIpc) is 2.86. The maximum atomic E-state index is 13.1. The summed E-state index contributed by atoms with van der Waals surface area (Å²) in [5, 5.41) is 17.2. The van der Waals surface area contributed by atoms with Gasteiger partial charge in [-0.15, -0.1) is 0 Å². The van der Waals surface area contributed by atoms with E-state index in [1.165, 1.54) is 12.1 Å². The van der Waals surface area contributed by atoms with Crippen LogP contribution in [0.3, 0.4) is 0 Å². The Morgan fingerprint density at radius 3 is 2.21 bits per heavy atom. The minimum atomic E-state index is -3.42. The molecule has 10 heteroatoms. The number of amides is 3. The number of aliphatic carboxylic acids is 1. The van der Waals surface area contributed by atoms with Gasteiger partial charge in [0.25, 0.3) is 5.91 Å². The molecule has 0 spiro atoms. The first kappa shape index (κ1) is 30.1. The molecule has 1 atom stereocenters. The Morgan fingerprint density at radius 2 is 1.64 bits per heavy atom. The third kappa shape index (κ3) is 8.81. The summed E-state index contributed by atoms with van der Waals surface area (Å²) >= 11 is 0. The van der Waals surface area contributed by atoms with E-state index in [1.54, 1.807) is 24.3 Å². The topological polar surface area (TPSA) is 142 Å². The zero-order valence-corrected chi connectivity index (χ0v) is 23.8. The molecular weight excluding hydrogens is 518 g/mol. The highest BCUT2D eigenvalue weighted by Gasteiger charge is 2.34. The highest BCUT2D eigenvalue weighted by molar-refractivity contribution is 7.90. The highest BCUT2D eigenvalue weighted by Crippen LogP contribution is 2.43. The highest BCUT2D eigenvalue weighted by atomic mass is 32.2. The fourth-order valence-electron chi connectivity index (χ4n) is 5.13. The summed E-state index contributed by atoms with van der Waals surface area (Å²) in [6.07, 6.45) is 4.94. The zero-order chi connectivity index (χ0) is 28.8. The largest absolute Gasteiger partial charge is 0.481 e. The van der Waals surface area contributed by atoms with Crippen molar-refractivity contribution in [3.8, 4) is 0 Å². The first-order valence-corrected chi connectivity index (χ1v) is 15.1. The van der Waals surface area contributed by atoms with Gasteiger partial charge in [0, 0.05) is 24.1 Å². The van der Waals surface area contributed by atoms with Gasteiger partial charge in [-0.1, -0.05) is 39.0 Å². The molecule has 4 N–H and O–H groups in total. The van der Waals surface area contributed by atoms with Crippen LogP contribution in [0.1, 0.15) is 74.8 Å². The predicted octanol–water partition coefficient (Wildman–Crippen LogP) is 5.01. The Hall–Kier alpha value is -3.40. The van der Waals surface area contributed by atoms with Crippen molar-refractivity contribution in [2.24, 2.45) is 17.3 Å². The van der Waals surface area contributed by atoms with E-state index in [9.17, 15) is 22.8 Å². The van der Waals surface area contributed by atoms with Crippen molar-refractivity contribution in [2.75, 3.05) is 18.1 Å². The van der Waals surface area contributed by atoms with Gasteiger partial charge in [-0.25, -0.2) is 13.2 Å².